The zero-order chi connectivity index (χ0) is 11.2. The second-order valence-electron chi connectivity index (χ2n) is 3.64. The van der Waals surface area contributed by atoms with Crippen LogP contribution < -0.4 is 5.32 Å². The summed E-state index contributed by atoms with van der Waals surface area (Å²) in [5.74, 6) is -0.157. The molecule has 0 spiro atoms. The zero-order valence-corrected chi connectivity index (χ0v) is 9.77. The smallest absolute Gasteiger partial charge is 0.123 e. The minimum Gasteiger partial charge on any atom is -0.312 e. The van der Waals surface area contributed by atoms with Gasteiger partial charge in [0.1, 0.15) is 5.82 Å². The minimum atomic E-state index is -0.157. The van der Waals surface area contributed by atoms with Crippen molar-refractivity contribution >= 4 is 11.3 Å². The van der Waals surface area contributed by atoms with Gasteiger partial charge in [0.25, 0.3) is 0 Å². The Morgan fingerprint density at radius 3 is 2.88 bits per heavy atom. The Balaban J connectivity index is 1.72. The van der Waals surface area contributed by atoms with Gasteiger partial charge in [0.2, 0.25) is 0 Å². The third-order valence-corrected chi connectivity index (χ3v) is 3.24. The molecule has 1 N–H and O–H groups in total. The molecule has 0 aliphatic carbocycles. The van der Waals surface area contributed by atoms with Crippen molar-refractivity contribution in [3.63, 3.8) is 0 Å². The van der Waals surface area contributed by atoms with E-state index >= 15 is 0 Å². The van der Waals surface area contributed by atoms with Crippen LogP contribution in [0.25, 0.3) is 0 Å². The molecule has 0 atom stereocenters. The van der Waals surface area contributed by atoms with Crippen molar-refractivity contribution in [2.24, 2.45) is 0 Å². The number of thiophene rings is 1. The lowest BCUT2D eigenvalue weighted by molar-refractivity contribution is 0.623. The number of hydrogen-bond donors (Lipinski definition) is 1. The first-order valence-electron chi connectivity index (χ1n) is 5.32. The van der Waals surface area contributed by atoms with Gasteiger partial charge in [0.05, 0.1) is 0 Å². The lowest BCUT2D eigenvalue weighted by Crippen LogP contribution is -2.15. The summed E-state index contributed by atoms with van der Waals surface area (Å²) in [7, 11) is 0. The van der Waals surface area contributed by atoms with Crippen molar-refractivity contribution in [1.82, 2.24) is 5.32 Å². The molecule has 0 saturated carbocycles. The van der Waals surface area contributed by atoms with Gasteiger partial charge < -0.3 is 5.32 Å². The molecule has 0 aliphatic heterocycles. The van der Waals surface area contributed by atoms with Crippen LogP contribution in [0.15, 0.2) is 41.8 Å². The topological polar surface area (TPSA) is 12.0 Å². The van der Waals surface area contributed by atoms with E-state index in [1.54, 1.807) is 23.5 Å². The average Bonchev–Trinajstić information content (AvgIpc) is 2.77. The highest BCUT2D eigenvalue weighted by molar-refractivity contribution is 7.09. The third-order valence-electron chi connectivity index (χ3n) is 2.36. The van der Waals surface area contributed by atoms with Gasteiger partial charge >= 0.3 is 0 Å². The average molecular weight is 235 g/mol. The highest BCUT2D eigenvalue weighted by Crippen LogP contribution is 2.07. The quantitative estimate of drug-likeness (QED) is 0.785. The molecule has 1 aromatic carbocycles. The third kappa shape index (κ3) is 3.43. The van der Waals surface area contributed by atoms with Crippen LogP contribution in [-0.2, 0) is 13.0 Å². The molecule has 2 aromatic rings. The molecular formula is C13H14FNS. The van der Waals surface area contributed by atoms with Crippen LogP contribution in [-0.4, -0.2) is 6.54 Å². The first-order valence-corrected chi connectivity index (χ1v) is 6.20. The lowest BCUT2D eigenvalue weighted by atomic mass is 10.1. The van der Waals surface area contributed by atoms with Crippen molar-refractivity contribution in [2.45, 2.75) is 13.0 Å². The van der Waals surface area contributed by atoms with Gasteiger partial charge in [-0.15, -0.1) is 11.3 Å². The Hall–Kier alpha value is -1.19. The Bertz CT molecular complexity index is 425. The molecule has 0 fully saturated rings. The number of hydrogen-bond acceptors (Lipinski definition) is 2. The Morgan fingerprint density at radius 2 is 2.12 bits per heavy atom. The maximum absolute atomic E-state index is 12.9. The van der Waals surface area contributed by atoms with Gasteiger partial charge in [0.15, 0.2) is 0 Å². The van der Waals surface area contributed by atoms with Crippen LogP contribution in [0.5, 0.6) is 0 Å². The summed E-state index contributed by atoms with van der Waals surface area (Å²) in [4.78, 5) is 1.33. The molecule has 1 heterocycles. The molecule has 0 aliphatic rings. The fourth-order valence-corrected chi connectivity index (χ4v) is 2.22. The summed E-state index contributed by atoms with van der Waals surface area (Å²) in [5.41, 5.74) is 1.04. The van der Waals surface area contributed by atoms with E-state index in [-0.39, 0.29) is 5.82 Å². The van der Waals surface area contributed by atoms with Crippen LogP contribution in [0.4, 0.5) is 4.39 Å². The van der Waals surface area contributed by atoms with Crippen molar-refractivity contribution in [2.75, 3.05) is 6.54 Å². The summed E-state index contributed by atoms with van der Waals surface area (Å²) in [5, 5.41) is 5.42. The van der Waals surface area contributed by atoms with E-state index in [0.29, 0.717) is 0 Å². The summed E-state index contributed by atoms with van der Waals surface area (Å²) in [6.07, 6.45) is 0.864. The second kappa shape index (κ2) is 5.77. The maximum Gasteiger partial charge on any atom is 0.123 e. The SMILES string of the molecule is Fc1cccc(CCNCc2cccs2)c1. The number of rotatable bonds is 5. The van der Waals surface area contributed by atoms with Gasteiger partial charge in [0, 0.05) is 11.4 Å². The van der Waals surface area contributed by atoms with Gasteiger partial charge in [-0.1, -0.05) is 18.2 Å². The Labute approximate surface area is 98.9 Å². The first-order chi connectivity index (χ1) is 7.84. The molecule has 0 unspecified atom stereocenters. The molecule has 16 heavy (non-hydrogen) atoms. The zero-order valence-electron chi connectivity index (χ0n) is 8.95. The lowest BCUT2D eigenvalue weighted by Gasteiger charge is -2.03. The number of halogens is 1. The molecule has 1 nitrogen and oxygen atoms in total. The van der Waals surface area contributed by atoms with Crippen LogP contribution in [0.1, 0.15) is 10.4 Å². The van der Waals surface area contributed by atoms with E-state index in [1.807, 2.05) is 12.1 Å². The minimum absolute atomic E-state index is 0.157. The van der Waals surface area contributed by atoms with E-state index < -0.39 is 0 Å². The van der Waals surface area contributed by atoms with E-state index in [2.05, 4.69) is 16.8 Å². The van der Waals surface area contributed by atoms with Crippen LogP contribution in [0, 0.1) is 5.82 Å². The fraction of sp³-hybridized carbons (Fsp3) is 0.231. The van der Waals surface area contributed by atoms with E-state index in [1.165, 1.54) is 10.9 Å². The van der Waals surface area contributed by atoms with Gasteiger partial charge in [-0.3, -0.25) is 0 Å². The van der Waals surface area contributed by atoms with Gasteiger partial charge in [-0.25, -0.2) is 4.39 Å². The van der Waals surface area contributed by atoms with Crippen molar-refractivity contribution in [3.8, 4) is 0 Å². The summed E-state index contributed by atoms with van der Waals surface area (Å²) in [6, 6.07) is 10.9. The molecule has 2 rings (SSSR count). The molecule has 0 amide bonds. The van der Waals surface area contributed by atoms with Crippen LogP contribution >= 0.6 is 11.3 Å². The van der Waals surface area contributed by atoms with Crippen molar-refractivity contribution in [1.29, 1.82) is 0 Å². The molecule has 0 saturated heterocycles. The summed E-state index contributed by atoms with van der Waals surface area (Å²) < 4.78 is 12.9. The molecule has 3 heteroatoms. The Morgan fingerprint density at radius 1 is 1.19 bits per heavy atom. The summed E-state index contributed by atoms with van der Waals surface area (Å²) in [6.45, 7) is 1.77. The molecule has 1 aromatic heterocycles. The molecule has 0 bridgehead atoms. The molecule has 0 radical (unpaired) electrons. The van der Waals surface area contributed by atoms with Gasteiger partial charge in [-0.05, 0) is 42.1 Å². The van der Waals surface area contributed by atoms with Crippen molar-refractivity contribution < 1.29 is 4.39 Å². The molecule has 84 valence electrons. The predicted molar refractivity (Wildman–Crippen MR) is 66.1 cm³/mol. The standard InChI is InChI=1S/C13H14FNS/c14-12-4-1-3-11(9-12)6-7-15-10-13-5-2-8-16-13/h1-5,8-9,15H,6-7,10H2. The van der Waals surface area contributed by atoms with Crippen molar-refractivity contribution in [3.05, 3.63) is 58.0 Å². The van der Waals surface area contributed by atoms with Crippen LogP contribution in [0.3, 0.4) is 0 Å². The number of nitrogens with one attached hydrogen (secondary N) is 1. The van der Waals surface area contributed by atoms with Crippen LogP contribution in [0.2, 0.25) is 0 Å². The monoisotopic (exact) mass is 235 g/mol. The van der Waals surface area contributed by atoms with E-state index in [4.69, 9.17) is 0 Å². The summed E-state index contributed by atoms with van der Waals surface area (Å²) >= 11 is 1.75. The van der Waals surface area contributed by atoms with E-state index in [9.17, 15) is 4.39 Å². The largest absolute Gasteiger partial charge is 0.312 e. The maximum atomic E-state index is 12.9. The normalized spacial score (nSPS) is 10.6. The fourth-order valence-electron chi connectivity index (χ4n) is 1.55. The highest BCUT2D eigenvalue weighted by Gasteiger charge is 1.96. The first kappa shape index (κ1) is 11.3. The van der Waals surface area contributed by atoms with Gasteiger partial charge in [-0.2, -0.15) is 0 Å². The highest BCUT2D eigenvalue weighted by atomic mass is 32.1. The second-order valence-corrected chi connectivity index (χ2v) is 4.67. The number of benzene rings is 1. The Kier molecular flexibility index (Phi) is 4.08. The predicted octanol–water partition coefficient (Wildman–Crippen LogP) is 3.22. The molecular weight excluding hydrogens is 221 g/mol. The van der Waals surface area contributed by atoms with E-state index in [0.717, 1.165) is 25.1 Å².